The molecule has 0 aliphatic carbocycles. The van der Waals surface area contributed by atoms with Gasteiger partial charge in [0.25, 0.3) is 0 Å². The van der Waals surface area contributed by atoms with Gasteiger partial charge in [-0.3, -0.25) is 0 Å². The number of nitrogens with zero attached hydrogens (tertiary/aromatic N) is 2. The minimum Gasteiger partial charge on any atom is -0.443 e. The van der Waals surface area contributed by atoms with E-state index in [2.05, 4.69) is 4.90 Å². The first kappa shape index (κ1) is 26.1. The lowest BCUT2D eigenvalue weighted by atomic mass is 10.1. The maximum Gasteiger partial charge on any atom is 0.422 e. The Morgan fingerprint density at radius 3 is 1.91 bits per heavy atom. The summed E-state index contributed by atoms with van der Waals surface area (Å²) in [5.41, 5.74) is -0.571. The average Bonchev–Trinajstić information content (AvgIpc) is 3.15. The normalized spacial score (nSPS) is 17.0. The number of hydrogen-bond donors (Lipinski definition) is 0. The summed E-state index contributed by atoms with van der Waals surface area (Å²) in [7, 11) is 0. The third kappa shape index (κ3) is 8.79. The molecule has 1 aliphatic rings. The predicted molar refractivity (Wildman–Crippen MR) is 124 cm³/mol. The second-order valence-corrected chi connectivity index (χ2v) is 10.5. The van der Waals surface area contributed by atoms with Crippen LogP contribution < -0.4 is 0 Å². The maximum atomic E-state index is 13.2. The van der Waals surface area contributed by atoms with E-state index < -0.39 is 29.6 Å². The molecule has 0 unspecified atom stereocenters. The monoisotopic (exact) mass is 448 g/mol. The Balaban J connectivity index is 2.32. The van der Waals surface area contributed by atoms with E-state index in [1.54, 1.807) is 41.5 Å². The van der Waals surface area contributed by atoms with E-state index in [1.165, 1.54) is 0 Å². The summed E-state index contributed by atoms with van der Waals surface area (Å²) in [4.78, 5) is 29.7. The van der Waals surface area contributed by atoms with Crippen LogP contribution in [0.15, 0.2) is 30.3 Å². The van der Waals surface area contributed by atoms with Crippen LogP contribution in [0.1, 0.15) is 66.9 Å². The van der Waals surface area contributed by atoms with E-state index in [9.17, 15) is 9.59 Å². The summed E-state index contributed by atoms with van der Waals surface area (Å²) < 4.78 is 17.4. The van der Waals surface area contributed by atoms with Crippen molar-refractivity contribution >= 4 is 12.2 Å². The predicted octanol–water partition coefficient (Wildman–Crippen LogP) is 5.43. The van der Waals surface area contributed by atoms with Gasteiger partial charge in [-0.15, -0.1) is 0 Å². The van der Waals surface area contributed by atoms with Gasteiger partial charge in [0.2, 0.25) is 0 Å². The van der Waals surface area contributed by atoms with Gasteiger partial charge in [-0.05, 0) is 73.0 Å². The van der Waals surface area contributed by atoms with Crippen LogP contribution in [0.25, 0.3) is 0 Å². The number of carbonyl (C=O) groups is 2. The highest BCUT2D eigenvalue weighted by molar-refractivity contribution is 5.88. The molecular formula is C25H40N2O5. The van der Waals surface area contributed by atoms with Gasteiger partial charge in [0.05, 0.1) is 6.61 Å². The van der Waals surface area contributed by atoms with Crippen molar-refractivity contribution < 1.29 is 23.8 Å². The van der Waals surface area contributed by atoms with Crippen molar-refractivity contribution in [3.05, 3.63) is 35.9 Å². The molecule has 0 aromatic heterocycles. The molecule has 0 N–H and O–H groups in total. The van der Waals surface area contributed by atoms with E-state index in [0.717, 1.165) is 36.4 Å². The van der Waals surface area contributed by atoms with Crippen LogP contribution in [-0.4, -0.2) is 59.1 Å². The summed E-state index contributed by atoms with van der Waals surface area (Å²) in [5, 5.41) is 0. The Morgan fingerprint density at radius 2 is 1.44 bits per heavy atom. The Labute approximate surface area is 193 Å². The first-order valence-corrected chi connectivity index (χ1v) is 11.5. The fourth-order valence-electron chi connectivity index (χ4n) is 3.62. The van der Waals surface area contributed by atoms with Crippen molar-refractivity contribution in [1.82, 2.24) is 9.80 Å². The van der Waals surface area contributed by atoms with Gasteiger partial charge in [-0.1, -0.05) is 37.3 Å². The van der Waals surface area contributed by atoms with Crippen molar-refractivity contribution in [3.8, 4) is 0 Å². The first-order valence-electron chi connectivity index (χ1n) is 11.5. The molecule has 1 fully saturated rings. The van der Waals surface area contributed by atoms with Gasteiger partial charge in [0.15, 0.2) is 6.23 Å². The zero-order chi connectivity index (χ0) is 23.9. The first-order chi connectivity index (χ1) is 14.9. The number of ether oxygens (including phenoxy) is 3. The van der Waals surface area contributed by atoms with Crippen LogP contribution in [0.2, 0.25) is 0 Å². The van der Waals surface area contributed by atoms with Gasteiger partial charge in [-0.25, -0.2) is 9.59 Å². The third-order valence-corrected chi connectivity index (χ3v) is 4.93. The SMILES string of the molecule is C[C@H](CN1CCCC1)[C@@H](OCc1ccccc1)N(C(=O)OC(C)(C)C)C(=O)OC(C)(C)C. The lowest BCUT2D eigenvalue weighted by Gasteiger charge is -2.37. The summed E-state index contributed by atoms with van der Waals surface area (Å²) >= 11 is 0. The Hall–Kier alpha value is -2.12. The molecule has 2 amide bonds. The lowest BCUT2D eigenvalue weighted by molar-refractivity contribution is -0.102. The highest BCUT2D eigenvalue weighted by atomic mass is 16.6. The molecule has 7 nitrogen and oxygen atoms in total. The third-order valence-electron chi connectivity index (χ3n) is 4.93. The van der Waals surface area contributed by atoms with Gasteiger partial charge in [0.1, 0.15) is 11.2 Å². The molecule has 1 aromatic carbocycles. The van der Waals surface area contributed by atoms with Gasteiger partial charge >= 0.3 is 12.2 Å². The second-order valence-electron chi connectivity index (χ2n) is 10.5. The van der Waals surface area contributed by atoms with E-state index in [1.807, 2.05) is 37.3 Å². The Kier molecular flexibility index (Phi) is 9.10. The molecule has 7 heteroatoms. The number of amides is 2. The molecule has 2 atom stereocenters. The molecule has 0 spiro atoms. The van der Waals surface area contributed by atoms with Crippen LogP contribution in [0.3, 0.4) is 0 Å². The summed E-state index contributed by atoms with van der Waals surface area (Å²) in [5.74, 6) is -0.142. The zero-order valence-electron chi connectivity index (χ0n) is 20.7. The summed E-state index contributed by atoms with van der Waals surface area (Å²) in [6.45, 7) is 15.6. The topological polar surface area (TPSA) is 68.3 Å². The molecule has 1 heterocycles. The van der Waals surface area contributed by atoms with Gasteiger partial charge in [-0.2, -0.15) is 4.90 Å². The van der Waals surface area contributed by atoms with Crippen LogP contribution in [-0.2, 0) is 20.8 Å². The maximum absolute atomic E-state index is 13.2. The van der Waals surface area contributed by atoms with Gasteiger partial charge < -0.3 is 19.1 Å². The molecular weight excluding hydrogens is 408 g/mol. The zero-order valence-corrected chi connectivity index (χ0v) is 20.7. The second kappa shape index (κ2) is 11.1. The Bertz CT molecular complexity index is 705. The number of hydrogen-bond acceptors (Lipinski definition) is 6. The van der Waals surface area contributed by atoms with E-state index >= 15 is 0 Å². The fraction of sp³-hybridized carbons (Fsp3) is 0.680. The molecule has 1 aromatic rings. The van der Waals surface area contributed by atoms with Crippen molar-refractivity contribution in [3.63, 3.8) is 0 Å². The van der Waals surface area contributed by atoms with E-state index in [4.69, 9.17) is 14.2 Å². The minimum atomic E-state index is -0.833. The molecule has 0 radical (unpaired) electrons. The number of benzene rings is 1. The smallest absolute Gasteiger partial charge is 0.422 e. The van der Waals surface area contributed by atoms with Crippen LogP contribution in [0.5, 0.6) is 0 Å². The average molecular weight is 449 g/mol. The number of rotatable bonds is 7. The summed E-state index contributed by atoms with van der Waals surface area (Å²) in [6, 6.07) is 9.70. The van der Waals surface area contributed by atoms with E-state index in [0.29, 0.717) is 6.54 Å². The fourth-order valence-corrected chi connectivity index (χ4v) is 3.62. The molecule has 0 saturated carbocycles. The van der Waals surface area contributed by atoms with Crippen molar-refractivity contribution in [2.75, 3.05) is 19.6 Å². The largest absolute Gasteiger partial charge is 0.443 e. The van der Waals surface area contributed by atoms with Crippen molar-refractivity contribution in [2.45, 2.75) is 85.3 Å². The van der Waals surface area contributed by atoms with Crippen LogP contribution in [0, 0.1) is 5.92 Å². The number of likely N-dealkylation sites (tertiary alicyclic amines) is 1. The summed E-state index contributed by atoms with van der Waals surface area (Å²) in [6.07, 6.45) is -0.0505. The lowest BCUT2D eigenvalue weighted by Crippen LogP contribution is -2.53. The molecule has 1 aliphatic heterocycles. The minimum absolute atomic E-state index is 0.142. The van der Waals surface area contributed by atoms with Crippen molar-refractivity contribution in [1.29, 1.82) is 0 Å². The van der Waals surface area contributed by atoms with E-state index in [-0.39, 0.29) is 12.5 Å². The Morgan fingerprint density at radius 1 is 0.938 bits per heavy atom. The van der Waals surface area contributed by atoms with Crippen molar-refractivity contribution in [2.24, 2.45) is 5.92 Å². The highest BCUT2D eigenvalue weighted by Crippen LogP contribution is 2.24. The molecule has 32 heavy (non-hydrogen) atoms. The molecule has 0 bridgehead atoms. The van der Waals surface area contributed by atoms with Gasteiger partial charge in [0, 0.05) is 12.5 Å². The number of carbonyl (C=O) groups excluding carboxylic acids is 2. The van der Waals surface area contributed by atoms with Crippen LogP contribution in [0.4, 0.5) is 9.59 Å². The number of imide groups is 1. The quantitative estimate of drug-likeness (QED) is 0.518. The standard InChI is InChI=1S/C25H40N2O5/c1-19(17-26-15-11-12-16-26)21(30-18-20-13-9-8-10-14-20)27(22(28)31-24(2,3)4)23(29)32-25(5,6)7/h8-10,13-14,19,21H,11-12,15-18H2,1-7H3/t19-,21-/m1/s1. The van der Waals surface area contributed by atoms with Crippen LogP contribution >= 0.6 is 0 Å². The molecule has 2 rings (SSSR count). The highest BCUT2D eigenvalue weighted by Gasteiger charge is 2.40. The molecule has 1 saturated heterocycles. The molecule has 180 valence electrons.